The van der Waals surface area contributed by atoms with Crippen molar-refractivity contribution in [2.24, 2.45) is 0 Å². The Balaban J connectivity index is 2.57. The van der Waals surface area contributed by atoms with Crippen molar-refractivity contribution in [1.82, 2.24) is 15.5 Å². The van der Waals surface area contributed by atoms with Gasteiger partial charge in [0.1, 0.15) is 0 Å². The van der Waals surface area contributed by atoms with Crippen molar-refractivity contribution in [1.29, 1.82) is 0 Å². The molecule has 1 fully saturated rings. The Labute approximate surface area is 92.4 Å². The summed E-state index contributed by atoms with van der Waals surface area (Å²) >= 11 is 0. The van der Waals surface area contributed by atoms with Crippen LogP contribution in [0.5, 0.6) is 0 Å². The monoisotopic (exact) mass is 213 g/mol. The van der Waals surface area contributed by atoms with E-state index >= 15 is 0 Å². The molecule has 1 heterocycles. The van der Waals surface area contributed by atoms with Gasteiger partial charge in [0.15, 0.2) is 0 Å². The number of nitrogens with zero attached hydrogens (tertiary/aromatic N) is 1. The summed E-state index contributed by atoms with van der Waals surface area (Å²) < 4.78 is 0. The molecule has 0 aromatic rings. The number of hydrogen-bond acceptors (Lipinski definition) is 2. The van der Waals surface area contributed by atoms with E-state index in [0.29, 0.717) is 6.04 Å². The molecule has 0 unspecified atom stereocenters. The van der Waals surface area contributed by atoms with E-state index in [2.05, 4.69) is 24.5 Å². The van der Waals surface area contributed by atoms with Crippen LogP contribution in [-0.2, 0) is 0 Å². The molecule has 4 heteroatoms. The zero-order valence-corrected chi connectivity index (χ0v) is 10.4. The molecule has 88 valence electrons. The molecule has 1 aliphatic rings. The van der Waals surface area contributed by atoms with Crippen LogP contribution in [-0.4, -0.2) is 41.6 Å². The SMILES string of the molecule is C[C@@H]1CN[C@@H](C)CN1C(=O)NC(C)(C)C. The Morgan fingerprint density at radius 3 is 2.53 bits per heavy atom. The smallest absolute Gasteiger partial charge is 0.318 e. The molecule has 2 N–H and O–H groups in total. The molecule has 0 saturated carbocycles. The van der Waals surface area contributed by atoms with E-state index in [1.54, 1.807) is 0 Å². The minimum absolute atomic E-state index is 0.0448. The molecular formula is C11H23N3O. The van der Waals surface area contributed by atoms with Crippen LogP contribution in [0.15, 0.2) is 0 Å². The van der Waals surface area contributed by atoms with Gasteiger partial charge in [-0.3, -0.25) is 0 Å². The summed E-state index contributed by atoms with van der Waals surface area (Å²) in [5.74, 6) is 0. The van der Waals surface area contributed by atoms with Gasteiger partial charge in [0, 0.05) is 30.7 Å². The predicted molar refractivity (Wildman–Crippen MR) is 61.9 cm³/mol. The van der Waals surface area contributed by atoms with Crippen molar-refractivity contribution in [3.8, 4) is 0 Å². The van der Waals surface area contributed by atoms with Crippen LogP contribution in [0, 0.1) is 0 Å². The molecule has 1 saturated heterocycles. The Morgan fingerprint density at radius 2 is 2.00 bits per heavy atom. The van der Waals surface area contributed by atoms with Crippen LogP contribution in [0.1, 0.15) is 34.6 Å². The second kappa shape index (κ2) is 4.39. The summed E-state index contributed by atoms with van der Waals surface area (Å²) in [6, 6.07) is 0.693. The average Bonchev–Trinajstić information content (AvgIpc) is 2.06. The lowest BCUT2D eigenvalue weighted by Gasteiger charge is -2.39. The maximum atomic E-state index is 12.0. The van der Waals surface area contributed by atoms with Gasteiger partial charge in [0.05, 0.1) is 0 Å². The van der Waals surface area contributed by atoms with E-state index in [9.17, 15) is 4.79 Å². The first kappa shape index (κ1) is 12.3. The highest BCUT2D eigenvalue weighted by Crippen LogP contribution is 2.09. The first-order chi connectivity index (χ1) is 6.79. The molecule has 0 bridgehead atoms. The zero-order chi connectivity index (χ0) is 11.6. The van der Waals surface area contributed by atoms with E-state index in [1.165, 1.54) is 0 Å². The number of piperazine rings is 1. The van der Waals surface area contributed by atoms with Crippen LogP contribution < -0.4 is 10.6 Å². The zero-order valence-electron chi connectivity index (χ0n) is 10.4. The number of rotatable bonds is 0. The van der Waals surface area contributed by atoms with Crippen LogP contribution in [0.2, 0.25) is 0 Å². The Kier molecular flexibility index (Phi) is 3.60. The normalized spacial score (nSPS) is 27.7. The minimum atomic E-state index is -0.162. The number of hydrogen-bond donors (Lipinski definition) is 2. The molecule has 0 radical (unpaired) electrons. The van der Waals surface area contributed by atoms with Gasteiger partial charge < -0.3 is 15.5 Å². The molecule has 1 aliphatic heterocycles. The highest BCUT2D eigenvalue weighted by atomic mass is 16.2. The number of amides is 2. The van der Waals surface area contributed by atoms with Gasteiger partial charge in [0.25, 0.3) is 0 Å². The summed E-state index contributed by atoms with van der Waals surface area (Å²) in [5, 5.41) is 6.36. The van der Waals surface area contributed by atoms with E-state index in [4.69, 9.17) is 0 Å². The molecule has 2 amide bonds. The fourth-order valence-electron chi connectivity index (χ4n) is 1.70. The van der Waals surface area contributed by atoms with Gasteiger partial charge in [-0.05, 0) is 34.6 Å². The van der Waals surface area contributed by atoms with Crippen molar-refractivity contribution in [2.45, 2.75) is 52.2 Å². The van der Waals surface area contributed by atoms with E-state index in [1.807, 2.05) is 25.7 Å². The van der Waals surface area contributed by atoms with Gasteiger partial charge in [0.2, 0.25) is 0 Å². The molecule has 1 rings (SSSR count). The Hall–Kier alpha value is -0.770. The highest BCUT2D eigenvalue weighted by molar-refractivity contribution is 5.75. The third kappa shape index (κ3) is 3.70. The topological polar surface area (TPSA) is 44.4 Å². The van der Waals surface area contributed by atoms with Gasteiger partial charge in [-0.2, -0.15) is 0 Å². The quantitative estimate of drug-likeness (QED) is 0.634. The van der Waals surface area contributed by atoms with Crippen LogP contribution in [0.3, 0.4) is 0 Å². The van der Waals surface area contributed by atoms with Gasteiger partial charge in [-0.1, -0.05) is 0 Å². The second-order valence-corrected chi connectivity index (χ2v) is 5.49. The van der Waals surface area contributed by atoms with E-state index in [0.717, 1.165) is 13.1 Å². The molecule has 0 aromatic heterocycles. The third-order valence-corrected chi connectivity index (χ3v) is 2.51. The van der Waals surface area contributed by atoms with E-state index in [-0.39, 0.29) is 17.6 Å². The molecule has 0 aliphatic carbocycles. The summed E-state index contributed by atoms with van der Waals surface area (Å²) in [5.41, 5.74) is -0.162. The van der Waals surface area contributed by atoms with Crippen molar-refractivity contribution in [3.05, 3.63) is 0 Å². The summed E-state index contributed by atoms with van der Waals surface area (Å²) in [7, 11) is 0. The van der Waals surface area contributed by atoms with Gasteiger partial charge >= 0.3 is 6.03 Å². The van der Waals surface area contributed by atoms with Crippen LogP contribution in [0.4, 0.5) is 4.79 Å². The number of carbonyl (C=O) groups excluding carboxylic acids is 1. The van der Waals surface area contributed by atoms with Crippen molar-refractivity contribution < 1.29 is 4.79 Å². The molecule has 4 nitrogen and oxygen atoms in total. The molecule has 0 aromatic carbocycles. The maximum Gasteiger partial charge on any atom is 0.318 e. The lowest BCUT2D eigenvalue weighted by molar-refractivity contribution is 0.143. The minimum Gasteiger partial charge on any atom is -0.333 e. The van der Waals surface area contributed by atoms with Gasteiger partial charge in [-0.25, -0.2) is 4.79 Å². The number of nitrogens with one attached hydrogen (secondary N) is 2. The Bertz CT molecular complexity index is 234. The Morgan fingerprint density at radius 1 is 1.40 bits per heavy atom. The third-order valence-electron chi connectivity index (χ3n) is 2.51. The van der Waals surface area contributed by atoms with Crippen molar-refractivity contribution in [3.63, 3.8) is 0 Å². The standard InChI is InChI=1S/C11H23N3O/c1-8-7-14(9(2)6-12-8)10(15)13-11(3,4)5/h8-9,12H,6-7H2,1-5H3,(H,13,15)/t8-,9+/m0/s1. The van der Waals surface area contributed by atoms with Crippen molar-refractivity contribution >= 4 is 6.03 Å². The largest absolute Gasteiger partial charge is 0.333 e. The fourth-order valence-corrected chi connectivity index (χ4v) is 1.70. The molecule has 2 atom stereocenters. The highest BCUT2D eigenvalue weighted by Gasteiger charge is 2.28. The van der Waals surface area contributed by atoms with Crippen LogP contribution >= 0.6 is 0 Å². The molecular weight excluding hydrogens is 190 g/mol. The average molecular weight is 213 g/mol. The second-order valence-electron chi connectivity index (χ2n) is 5.49. The fraction of sp³-hybridized carbons (Fsp3) is 0.909. The lowest BCUT2D eigenvalue weighted by Crippen LogP contribution is -2.60. The summed E-state index contributed by atoms with van der Waals surface area (Å²) in [6.45, 7) is 11.8. The summed E-state index contributed by atoms with van der Waals surface area (Å²) in [6.07, 6.45) is 0. The van der Waals surface area contributed by atoms with Crippen LogP contribution in [0.25, 0.3) is 0 Å². The maximum absolute atomic E-state index is 12.0. The molecule has 15 heavy (non-hydrogen) atoms. The number of carbonyl (C=O) groups is 1. The summed E-state index contributed by atoms with van der Waals surface area (Å²) in [4.78, 5) is 13.9. The number of urea groups is 1. The lowest BCUT2D eigenvalue weighted by atomic mass is 10.1. The van der Waals surface area contributed by atoms with Gasteiger partial charge in [-0.15, -0.1) is 0 Å². The first-order valence-corrected chi connectivity index (χ1v) is 5.62. The first-order valence-electron chi connectivity index (χ1n) is 5.62. The predicted octanol–water partition coefficient (Wildman–Crippen LogP) is 1.18. The van der Waals surface area contributed by atoms with Crippen molar-refractivity contribution in [2.75, 3.05) is 13.1 Å². The molecule has 0 spiro atoms. The van der Waals surface area contributed by atoms with E-state index < -0.39 is 0 Å².